The fourth-order valence-corrected chi connectivity index (χ4v) is 2.74. The molecule has 24 heavy (non-hydrogen) atoms. The summed E-state index contributed by atoms with van der Waals surface area (Å²) < 4.78 is 14.1. The second-order valence-electron chi connectivity index (χ2n) is 4.92. The number of nitrogens with one attached hydrogen (secondary N) is 1. The van der Waals surface area contributed by atoms with Crippen LogP contribution >= 0.6 is 11.5 Å². The van der Waals surface area contributed by atoms with Crippen molar-refractivity contribution in [3.63, 3.8) is 0 Å². The first-order valence-electron chi connectivity index (χ1n) is 6.99. The number of benzene rings is 1. The van der Waals surface area contributed by atoms with E-state index in [0.717, 1.165) is 11.5 Å². The molecule has 0 aliphatic heterocycles. The molecule has 0 aliphatic rings. The van der Waals surface area contributed by atoms with Crippen LogP contribution in [-0.2, 0) is 4.79 Å². The maximum Gasteiger partial charge on any atom is 0.305 e. The second kappa shape index (κ2) is 7.73. The van der Waals surface area contributed by atoms with Gasteiger partial charge < -0.3 is 19.9 Å². The van der Waals surface area contributed by atoms with Gasteiger partial charge in [0.15, 0.2) is 0 Å². The van der Waals surface area contributed by atoms with Gasteiger partial charge in [0.2, 0.25) is 0 Å². The average Bonchev–Trinajstić information content (AvgIpc) is 2.99. The van der Waals surface area contributed by atoms with Gasteiger partial charge in [0.1, 0.15) is 16.4 Å². The molecule has 0 spiro atoms. The second-order valence-corrected chi connectivity index (χ2v) is 5.67. The molecule has 0 radical (unpaired) electrons. The molecule has 0 bridgehead atoms. The minimum atomic E-state index is -1.04. The number of aromatic nitrogens is 2. The summed E-state index contributed by atoms with van der Waals surface area (Å²) in [6, 6.07) is 4.22. The molecule has 8 nitrogen and oxygen atoms in total. The maximum absolute atomic E-state index is 12.4. The first kappa shape index (κ1) is 17.7. The lowest BCUT2D eigenvalue weighted by atomic mass is 10.0. The zero-order chi connectivity index (χ0) is 17.7. The number of carbonyl (C=O) groups is 2. The van der Waals surface area contributed by atoms with E-state index in [-0.39, 0.29) is 6.42 Å². The first-order chi connectivity index (χ1) is 11.5. The molecule has 9 heteroatoms. The van der Waals surface area contributed by atoms with E-state index < -0.39 is 17.9 Å². The van der Waals surface area contributed by atoms with Crippen LogP contribution in [0.1, 0.15) is 33.4 Å². The van der Waals surface area contributed by atoms with Crippen molar-refractivity contribution >= 4 is 23.4 Å². The Morgan fingerprint density at radius 2 is 2.08 bits per heavy atom. The Labute approximate surface area is 142 Å². The Kier molecular flexibility index (Phi) is 5.69. The number of aliphatic carboxylic acids is 1. The van der Waals surface area contributed by atoms with E-state index in [1.54, 1.807) is 25.1 Å². The SMILES string of the molecule is COc1ccc(C(CC(=O)O)NC(=O)c2snnc2C)c(OC)c1. The number of carboxylic acids is 1. The highest BCUT2D eigenvalue weighted by atomic mass is 32.1. The van der Waals surface area contributed by atoms with E-state index in [2.05, 4.69) is 14.9 Å². The molecule has 1 unspecified atom stereocenters. The van der Waals surface area contributed by atoms with Gasteiger partial charge in [-0.1, -0.05) is 4.49 Å². The number of carbonyl (C=O) groups excluding carboxylic acids is 1. The van der Waals surface area contributed by atoms with Gasteiger partial charge in [0.25, 0.3) is 5.91 Å². The number of methoxy groups -OCH3 is 2. The lowest BCUT2D eigenvalue weighted by Crippen LogP contribution is -2.30. The Morgan fingerprint density at radius 3 is 2.62 bits per heavy atom. The Hall–Kier alpha value is -2.68. The molecule has 1 aromatic heterocycles. The van der Waals surface area contributed by atoms with Crippen LogP contribution in [0.25, 0.3) is 0 Å². The zero-order valence-electron chi connectivity index (χ0n) is 13.4. The van der Waals surface area contributed by atoms with E-state index in [4.69, 9.17) is 14.6 Å². The van der Waals surface area contributed by atoms with Gasteiger partial charge >= 0.3 is 5.97 Å². The van der Waals surface area contributed by atoms with E-state index in [1.807, 2.05) is 0 Å². The van der Waals surface area contributed by atoms with Crippen molar-refractivity contribution in [2.75, 3.05) is 14.2 Å². The van der Waals surface area contributed by atoms with Gasteiger partial charge in [0, 0.05) is 11.6 Å². The molecule has 1 aromatic carbocycles. The largest absolute Gasteiger partial charge is 0.497 e. The summed E-state index contributed by atoms with van der Waals surface area (Å²) in [5, 5.41) is 15.7. The van der Waals surface area contributed by atoms with Crippen molar-refractivity contribution in [1.29, 1.82) is 0 Å². The van der Waals surface area contributed by atoms with Crippen LogP contribution < -0.4 is 14.8 Å². The molecular weight excluding hydrogens is 334 g/mol. The van der Waals surface area contributed by atoms with Gasteiger partial charge in [-0.2, -0.15) is 0 Å². The van der Waals surface area contributed by atoms with Crippen molar-refractivity contribution in [2.45, 2.75) is 19.4 Å². The minimum Gasteiger partial charge on any atom is -0.497 e. The predicted octanol–water partition coefficient (Wildman–Crippen LogP) is 1.81. The Balaban J connectivity index is 2.33. The van der Waals surface area contributed by atoms with E-state index >= 15 is 0 Å². The summed E-state index contributed by atoms with van der Waals surface area (Å²) >= 11 is 0.958. The lowest BCUT2D eigenvalue weighted by Gasteiger charge is -2.20. The average molecular weight is 351 g/mol. The summed E-state index contributed by atoms with van der Waals surface area (Å²) in [5.41, 5.74) is 1.04. The van der Waals surface area contributed by atoms with Gasteiger partial charge in [-0.05, 0) is 30.6 Å². The first-order valence-corrected chi connectivity index (χ1v) is 7.77. The van der Waals surface area contributed by atoms with Crippen molar-refractivity contribution in [2.24, 2.45) is 0 Å². The number of hydrogen-bond donors (Lipinski definition) is 2. The number of nitrogens with zero attached hydrogens (tertiary/aromatic N) is 2. The Morgan fingerprint density at radius 1 is 1.33 bits per heavy atom. The zero-order valence-corrected chi connectivity index (χ0v) is 14.2. The van der Waals surface area contributed by atoms with Crippen LogP contribution in [0.4, 0.5) is 0 Å². The molecule has 0 fully saturated rings. The summed E-state index contributed by atoms with van der Waals surface area (Å²) in [4.78, 5) is 23.9. The highest BCUT2D eigenvalue weighted by molar-refractivity contribution is 7.08. The number of aryl methyl sites for hydroxylation is 1. The summed E-state index contributed by atoms with van der Waals surface area (Å²) in [7, 11) is 2.99. The fourth-order valence-electron chi connectivity index (χ4n) is 2.18. The van der Waals surface area contributed by atoms with E-state index in [0.29, 0.717) is 27.6 Å². The van der Waals surface area contributed by atoms with Crippen LogP contribution in [0.2, 0.25) is 0 Å². The van der Waals surface area contributed by atoms with Crippen LogP contribution in [0.15, 0.2) is 18.2 Å². The summed E-state index contributed by atoms with van der Waals surface area (Å²) in [6.45, 7) is 1.67. The molecule has 2 rings (SSSR count). The van der Waals surface area contributed by atoms with E-state index in [9.17, 15) is 9.59 Å². The number of carboxylic acid groups (broad SMARTS) is 1. The quantitative estimate of drug-likeness (QED) is 0.782. The van der Waals surface area contributed by atoms with Crippen molar-refractivity contribution in [1.82, 2.24) is 14.9 Å². The highest BCUT2D eigenvalue weighted by Gasteiger charge is 2.24. The van der Waals surface area contributed by atoms with Crippen LogP contribution in [0.5, 0.6) is 11.5 Å². The molecule has 0 saturated carbocycles. The molecule has 2 aromatic rings. The minimum absolute atomic E-state index is 0.292. The third kappa shape index (κ3) is 3.99. The van der Waals surface area contributed by atoms with Gasteiger partial charge in [-0.25, -0.2) is 0 Å². The van der Waals surface area contributed by atoms with Crippen LogP contribution in [0, 0.1) is 6.92 Å². The molecule has 1 heterocycles. The van der Waals surface area contributed by atoms with Gasteiger partial charge in [-0.3, -0.25) is 9.59 Å². The van der Waals surface area contributed by atoms with Gasteiger partial charge in [-0.15, -0.1) is 5.10 Å². The maximum atomic E-state index is 12.4. The molecule has 0 aliphatic carbocycles. The Bertz CT molecular complexity index is 746. The lowest BCUT2D eigenvalue weighted by molar-refractivity contribution is -0.137. The molecule has 128 valence electrons. The van der Waals surface area contributed by atoms with Gasteiger partial charge in [0.05, 0.1) is 32.4 Å². The molecular formula is C15H17N3O5S. The predicted molar refractivity (Wildman–Crippen MR) is 86.7 cm³/mol. The third-order valence-electron chi connectivity index (χ3n) is 3.36. The molecule has 1 atom stereocenters. The number of hydrogen-bond acceptors (Lipinski definition) is 7. The highest BCUT2D eigenvalue weighted by Crippen LogP contribution is 2.31. The number of amides is 1. The topological polar surface area (TPSA) is 111 Å². The normalized spacial score (nSPS) is 11.6. The smallest absolute Gasteiger partial charge is 0.305 e. The fraction of sp³-hybridized carbons (Fsp3) is 0.333. The molecule has 1 amide bonds. The standard InChI is InChI=1S/C15H17N3O5S/c1-8-14(24-18-17-8)15(21)16-11(7-13(19)20)10-5-4-9(22-2)6-12(10)23-3/h4-6,11H,7H2,1-3H3,(H,16,21)(H,19,20). The number of rotatable bonds is 7. The van der Waals surface area contributed by atoms with Crippen LogP contribution in [0.3, 0.4) is 0 Å². The van der Waals surface area contributed by atoms with Crippen molar-refractivity contribution in [3.8, 4) is 11.5 Å². The van der Waals surface area contributed by atoms with Crippen molar-refractivity contribution in [3.05, 3.63) is 34.3 Å². The van der Waals surface area contributed by atoms with Crippen LogP contribution in [-0.4, -0.2) is 40.8 Å². The molecule has 2 N–H and O–H groups in total. The monoisotopic (exact) mass is 351 g/mol. The summed E-state index contributed by atoms with van der Waals surface area (Å²) in [6.07, 6.45) is -0.292. The van der Waals surface area contributed by atoms with Crippen molar-refractivity contribution < 1.29 is 24.2 Å². The van der Waals surface area contributed by atoms with E-state index in [1.165, 1.54) is 14.2 Å². The third-order valence-corrected chi connectivity index (χ3v) is 4.18. The summed E-state index contributed by atoms with van der Waals surface area (Å²) in [5.74, 6) is -0.470. The molecule has 0 saturated heterocycles. The number of ether oxygens (including phenoxy) is 2.